The minimum atomic E-state index is -3.11. The predicted molar refractivity (Wildman–Crippen MR) is 110 cm³/mol. The number of benzene rings is 1. The number of aromatic nitrogens is 2. The van der Waals surface area contributed by atoms with Gasteiger partial charge in [-0.05, 0) is 52.7 Å². The Balaban J connectivity index is 2.28. The number of ether oxygens (including phenoxy) is 1. The molecule has 1 saturated heterocycles. The molecule has 2 aromatic rings. The van der Waals surface area contributed by atoms with Crippen LogP contribution in [-0.2, 0) is 16.1 Å². The monoisotopic (exact) mass is 443 g/mol. The second kappa shape index (κ2) is 8.68. The van der Waals surface area contributed by atoms with Crippen molar-refractivity contribution in [2.75, 3.05) is 13.2 Å². The summed E-state index contributed by atoms with van der Waals surface area (Å²) in [5.74, 6) is -1.22. The number of halogens is 3. The second-order valence-electron chi connectivity index (χ2n) is 8.20. The van der Waals surface area contributed by atoms with E-state index in [0.717, 1.165) is 12.1 Å². The van der Waals surface area contributed by atoms with Crippen molar-refractivity contribution in [3.05, 3.63) is 39.7 Å². The van der Waals surface area contributed by atoms with Crippen LogP contribution < -0.4 is 5.56 Å². The third kappa shape index (κ3) is 4.55. The second-order valence-corrected chi connectivity index (χ2v) is 10.1. The molecule has 1 aliphatic heterocycles. The maximum absolute atomic E-state index is 14.3. The van der Waals surface area contributed by atoms with Crippen molar-refractivity contribution in [2.24, 2.45) is 4.40 Å². The average molecular weight is 443 g/mol. The van der Waals surface area contributed by atoms with Gasteiger partial charge < -0.3 is 9.29 Å². The van der Waals surface area contributed by atoms with Crippen LogP contribution >= 0.6 is 0 Å². The lowest BCUT2D eigenvalue weighted by molar-refractivity contribution is 0.0503. The van der Waals surface area contributed by atoms with E-state index in [-0.39, 0.29) is 33.9 Å². The van der Waals surface area contributed by atoms with E-state index in [1.807, 2.05) is 0 Å². The first-order valence-electron chi connectivity index (χ1n) is 9.60. The molecule has 0 saturated carbocycles. The summed E-state index contributed by atoms with van der Waals surface area (Å²) in [6.45, 7) is 4.41. The minimum Gasteiger partial charge on any atom is -0.591 e. The summed E-state index contributed by atoms with van der Waals surface area (Å²) >= 11 is -1.63. The van der Waals surface area contributed by atoms with Crippen molar-refractivity contribution in [1.29, 1.82) is 0 Å². The van der Waals surface area contributed by atoms with Gasteiger partial charge in [0.25, 0.3) is 5.56 Å². The molecule has 1 aromatic heterocycles. The van der Waals surface area contributed by atoms with Crippen LogP contribution in [0.5, 0.6) is 0 Å². The van der Waals surface area contributed by atoms with E-state index in [9.17, 15) is 22.5 Å². The fourth-order valence-corrected chi connectivity index (χ4v) is 3.92. The molecule has 3 rings (SSSR count). The smallest absolute Gasteiger partial charge is 0.322 e. The van der Waals surface area contributed by atoms with E-state index in [1.165, 1.54) is 6.92 Å². The summed E-state index contributed by atoms with van der Waals surface area (Å²) < 4.78 is 63.4. The lowest BCUT2D eigenvalue weighted by Crippen LogP contribution is -2.30. The molecular formula is C20H24F3N3O3S. The van der Waals surface area contributed by atoms with Gasteiger partial charge in [-0.25, -0.2) is 13.9 Å². The molecule has 1 aliphatic rings. The van der Waals surface area contributed by atoms with Crippen molar-refractivity contribution in [1.82, 2.24) is 9.55 Å². The molecule has 1 aromatic carbocycles. The lowest BCUT2D eigenvalue weighted by Gasteiger charge is -2.25. The molecule has 10 heteroatoms. The zero-order chi connectivity index (χ0) is 22.2. The number of nitrogens with zero attached hydrogens (tertiary/aromatic N) is 3. The Morgan fingerprint density at radius 3 is 2.53 bits per heavy atom. The number of hydrogen-bond donors (Lipinski definition) is 0. The van der Waals surface area contributed by atoms with Gasteiger partial charge in [0.15, 0.2) is 0 Å². The van der Waals surface area contributed by atoms with E-state index in [2.05, 4.69) is 9.38 Å². The first-order chi connectivity index (χ1) is 14.0. The molecular weight excluding hydrogens is 419 g/mol. The molecule has 1 unspecified atom stereocenters. The van der Waals surface area contributed by atoms with Gasteiger partial charge >= 0.3 is 6.55 Å². The highest BCUT2D eigenvalue weighted by molar-refractivity contribution is 7.91. The standard InChI is InChI=1S/C20H24F3N3O3S/c1-11(25-30(28)20(2,3)4)14-9-13(21)10-15-16(14)24-17(12-5-7-29-8-6-12)26(18(15)27)19(22)23/h9-10,12,19H,5-8H2,1-4H3. The number of rotatable bonds is 4. The van der Waals surface area contributed by atoms with Crippen LogP contribution in [0.4, 0.5) is 13.2 Å². The Labute approximate surface area is 175 Å². The molecule has 1 fully saturated rings. The van der Waals surface area contributed by atoms with Gasteiger partial charge in [0, 0.05) is 24.7 Å². The Hall–Kier alpha value is -1.91. The van der Waals surface area contributed by atoms with Crippen molar-refractivity contribution in [3.8, 4) is 0 Å². The van der Waals surface area contributed by atoms with E-state index < -0.39 is 34.0 Å². The summed E-state index contributed by atoms with van der Waals surface area (Å²) in [7, 11) is 0. The SMILES string of the molecule is CC(=N[S+]([O-])C(C)(C)C)c1cc(F)cc2c(=O)n(C(F)F)c(C3CCOCC3)nc12. The molecule has 2 heterocycles. The molecule has 0 spiro atoms. The van der Waals surface area contributed by atoms with Crippen molar-refractivity contribution < 1.29 is 22.5 Å². The third-order valence-corrected chi connectivity index (χ3v) is 6.40. The largest absolute Gasteiger partial charge is 0.591 e. The maximum Gasteiger partial charge on any atom is 0.322 e. The normalized spacial score (nSPS) is 17.7. The summed E-state index contributed by atoms with van der Waals surface area (Å²) in [6, 6.07) is 2.03. The van der Waals surface area contributed by atoms with Gasteiger partial charge in [0.05, 0.1) is 16.6 Å². The van der Waals surface area contributed by atoms with Crippen LogP contribution in [0.3, 0.4) is 0 Å². The van der Waals surface area contributed by atoms with Crippen LogP contribution in [0.15, 0.2) is 21.3 Å². The van der Waals surface area contributed by atoms with E-state index in [0.29, 0.717) is 30.6 Å². The van der Waals surface area contributed by atoms with Gasteiger partial charge in [-0.15, -0.1) is 0 Å². The Morgan fingerprint density at radius 2 is 1.97 bits per heavy atom. The molecule has 0 N–H and O–H groups in total. The van der Waals surface area contributed by atoms with Crippen molar-refractivity contribution in [3.63, 3.8) is 0 Å². The highest BCUT2D eigenvalue weighted by Gasteiger charge is 2.29. The summed E-state index contributed by atoms with van der Waals surface area (Å²) in [5.41, 5.74) is -0.559. The molecule has 6 nitrogen and oxygen atoms in total. The predicted octanol–water partition coefficient (Wildman–Crippen LogP) is 4.10. The topological polar surface area (TPSA) is 79.5 Å². The highest BCUT2D eigenvalue weighted by Crippen LogP contribution is 2.30. The van der Waals surface area contributed by atoms with Gasteiger partial charge in [-0.3, -0.25) is 4.79 Å². The molecule has 0 bridgehead atoms. The molecule has 0 amide bonds. The van der Waals surface area contributed by atoms with Crippen LogP contribution in [0.1, 0.15) is 64.4 Å². The number of alkyl halides is 2. The zero-order valence-corrected chi connectivity index (χ0v) is 18.1. The van der Waals surface area contributed by atoms with Crippen molar-refractivity contribution in [2.45, 2.75) is 57.8 Å². The Bertz CT molecular complexity index is 1030. The van der Waals surface area contributed by atoms with Gasteiger partial charge in [0.2, 0.25) is 0 Å². The van der Waals surface area contributed by atoms with Crippen LogP contribution in [0.2, 0.25) is 0 Å². The summed E-state index contributed by atoms with van der Waals surface area (Å²) in [5, 5.41) is -0.266. The molecule has 0 radical (unpaired) electrons. The molecule has 164 valence electrons. The molecule has 30 heavy (non-hydrogen) atoms. The minimum absolute atomic E-state index is 0.0524. The van der Waals surface area contributed by atoms with Crippen LogP contribution in [0.25, 0.3) is 10.9 Å². The Kier molecular flexibility index (Phi) is 6.59. The van der Waals surface area contributed by atoms with E-state index >= 15 is 0 Å². The summed E-state index contributed by atoms with van der Waals surface area (Å²) in [4.78, 5) is 17.3. The average Bonchev–Trinajstić information content (AvgIpc) is 2.67. The van der Waals surface area contributed by atoms with Crippen LogP contribution in [-0.4, -0.2) is 37.8 Å². The fraction of sp³-hybridized carbons (Fsp3) is 0.550. The quantitative estimate of drug-likeness (QED) is 0.527. The van der Waals surface area contributed by atoms with Gasteiger partial charge in [0.1, 0.15) is 27.8 Å². The summed E-state index contributed by atoms with van der Waals surface area (Å²) in [6.07, 6.45) is 0.893. The van der Waals surface area contributed by atoms with Crippen molar-refractivity contribution >= 4 is 28.0 Å². The van der Waals surface area contributed by atoms with Gasteiger partial charge in [-0.2, -0.15) is 8.78 Å². The highest BCUT2D eigenvalue weighted by atomic mass is 32.2. The van der Waals surface area contributed by atoms with E-state index in [1.54, 1.807) is 20.8 Å². The zero-order valence-electron chi connectivity index (χ0n) is 17.2. The molecule has 0 aliphatic carbocycles. The maximum atomic E-state index is 14.3. The van der Waals surface area contributed by atoms with Gasteiger partial charge in [-0.1, -0.05) is 4.40 Å². The third-order valence-electron chi connectivity index (χ3n) is 4.91. The fourth-order valence-electron chi connectivity index (χ4n) is 3.30. The number of hydrogen-bond acceptors (Lipinski definition) is 5. The first kappa shape index (κ1) is 22.8. The van der Waals surface area contributed by atoms with E-state index in [4.69, 9.17) is 4.74 Å². The lowest BCUT2D eigenvalue weighted by atomic mass is 9.98. The van der Waals surface area contributed by atoms with Crippen LogP contribution in [0, 0.1) is 5.82 Å². The first-order valence-corrected chi connectivity index (χ1v) is 10.7. The number of fused-ring (bicyclic) bond motifs is 1. The Morgan fingerprint density at radius 1 is 1.33 bits per heavy atom. The molecule has 1 atom stereocenters.